The van der Waals surface area contributed by atoms with E-state index in [2.05, 4.69) is 22.1 Å². The number of amides is 2. The summed E-state index contributed by atoms with van der Waals surface area (Å²) in [5.41, 5.74) is 1.34. The average Bonchev–Trinajstić information content (AvgIpc) is 3.07. The van der Waals surface area contributed by atoms with Gasteiger partial charge in [-0.15, -0.1) is 0 Å². The molecule has 1 saturated heterocycles. The molecule has 1 aliphatic heterocycles. The summed E-state index contributed by atoms with van der Waals surface area (Å²) in [7, 11) is 0. The number of carbonyl (C=O) groups excluding carboxylic acids is 2. The van der Waals surface area contributed by atoms with Crippen LogP contribution in [0.4, 0.5) is 0 Å². The summed E-state index contributed by atoms with van der Waals surface area (Å²) in [5, 5.41) is 7.16. The van der Waals surface area contributed by atoms with Gasteiger partial charge in [0.25, 0.3) is 0 Å². The van der Waals surface area contributed by atoms with Crippen LogP contribution in [0.2, 0.25) is 0 Å². The lowest BCUT2D eigenvalue weighted by atomic mass is 10.1. The quantitative estimate of drug-likeness (QED) is 0.783. The van der Waals surface area contributed by atoms with Gasteiger partial charge < -0.3 is 10.2 Å². The molecule has 2 rings (SSSR count). The van der Waals surface area contributed by atoms with Gasteiger partial charge in [0, 0.05) is 37.6 Å². The molecule has 2 amide bonds. The summed E-state index contributed by atoms with van der Waals surface area (Å²) >= 11 is 3.52. The number of nitrogens with zero attached hydrogens (tertiary/aromatic N) is 1. The van der Waals surface area contributed by atoms with Crippen LogP contribution in [0, 0.1) is 5.92 Å². The van der Waals surface area contributed by atoms with Crippen LogP contribution in [0.1, 0.15) is 18.9 Å². The Morgan fingerprint density at radius 3 is 3.10 bits per heavy atom. The maximum Gasteiger partial charge on any atom is 0.225 e. The minimum Gasteiger partial charge on any atom is -0.355 e. The van der Waals surface area contributed by atoms with Crippen molar-refractivity contribution < 1.29 is 9.59 Å². The van der Waals surface area contributed by atoms with E-state index in [-0.39, 0.29) is 17.7 Å². The molecule has 1 aromatic rings. The van der Waals surface area contributed by atoms with Crippen LogP contribution in [0.15, 0.2) is 16.8 Å². The maximum atomic E-state index is 11.9. The zero-order valence-electron chi connectivity index (χ0n) is 11.6. The fourth-order valence-electron chi connectivity index (χ4n) is 2.21. The predicted octanol–water partition coefficient (Wildman–Crippen LogP) is 1.97. The Hall–Kier alpha value is -1.01. The SMILES string of the molecule is CCN1C[C@@H](C(=O)NCCSCc2ccsc2)CC1=O. The molecule has 110 valence electrons. The Kier molecular flexibility index (Phi) is 5.91. The molecule has 0 unspecified atom stereocenters. The molecule has 0 spiro atoms. The highest BCUT2D eigenvalue weighted by Gasteiger charge is 2.32. The van der Waals surface area contributed by atoms with E-state index < -0.39 is 0 Å². The van der Waals surface area contributed by atoms with E-state index in [1.165, 1.54) is 5.56 Å². The second-order valence-electron chi connectivity index (χ2n) is 4.81. The molecule has 0 bridgehead atoms. The van der Waals surface area contributed by atoms with E-state index in [1.54, 1.807) is 16.2 Å². The van der Waals surface area contributed by atoms with E-state index in [0.717, 1.165) is 11.5 Å². The second-order valence-corrected chi connectivity index (χ2v) is 6.69. The van der Waals surface area contributed by atoms with Gasteiger partial charge in [0.1, 0.15) is 0 Å². The molecule has 20 heavy (non-hydrogen) atoms. The molecule has 1 aliphatic rings. The van der Waals surface area contributed by atoms with Gasteiger partial charge in [0.2, 0.25) is 11.8 Å². The second kappa shape index (κ2) is 7.69. The number of hydrogen-bond acceptors (Lipinski definition) is 4. The van der Waals surface area contributed by atoms with Gasteiger partial charge in [-0.2, -0.15) is 23.1 Å². The molecule has 4 nitrogen and oxygen atoms in total. The summed E-state index contributed by atoms with van der Waals surface area (Å²) in [5.74, 6) is 1.85. The Balaban J connectivity index is 1.60. The molecule has 6 heteroatoms. The van der Waals surface area contributed by atoms with Crippen molar-refractivity contribution in [3.63, 3.8) is 0 Å². The Morgan fingerprint density at radius 2 is 2.45 bits per heavy atom. The van der Waals surface area contributed by atoms with Crippen LogP contribution < -0.4 is 5.32 Å². The standard InChI is InChI=1S/C14H20N2O2S2/c1-2-16-8-12(7-13(16)17)14(18)15-4-6-20-10-11-3-5-19-9-11/h3,5,9,12H,2,4,6-8,10H2,1H3,(H,15,18)/t12-/m0/s1. The minimum atomic E-state index is -0.163. The lowest BCUT2D eigenvalue weighted by molar-refractivity contribution is -0.128. The lowest BCUT2D eigenvalue weighted by Crippen LogP contribution is -2.34. The number of nitrogens with one attached hydrogen (secondary N) is 1. The van der Waals surface area contributed by atoms with E-state index in [0.29, 0.717) is 26.1 Å². The van der Waals surface area contributed by atoms with Gasteiger partial charge >= 0.3 is 0 Å². The van der Waals surface area contributed by atoms with E-state index in [1.807, 2.05) is 18.7 Å². The molecule has 0 aromatic carbocycles. The first-order valence-corrected chi connectivity index (χ1v) is 8.94. The first-order chi connectivity index (χ1) is 9.70. The van der Waals surface area contributed by atoms with E-state index in [4.69, 9.17) is 0 Å². The topological polar surface area (TPSA) is 49.4 Å². The van der Waals surface area contributed by atoms with Crippen molar-refractivity contribution in [2.75, 3.05) is 25.4 Å². The van der Waals surface area contributed by atoms with Gasteiger partial charge in [-0.25, -0.2) is 0 Å². The summed E-state index contributed by atoms with van der Waals surface area (Å²) in [6.45, 7) is 3.88. The van der Waals surface area contributed by atoms with Gasteiger partial charge in [-0.3, -0.25) is 9.59 Å². The van der Waals surface area contributed by atoms with E-state index >= 15 is 0 Å². The molecule has 0 radical (unpaired) electrons. The molecular formula is C14H20N2O2S2. The van der Waals surface area contributed by atoms with Crippen molar-refractivity contribution in [1.82, 2.24) is 10.2 Å². The molecular weight excluding hydrogens is 292 g/mol. The summed E-state index contributed by atoms with van der Waals surface area (Å²) in [6.07, 6.45) is 0.363. The average molecular weight is 312 g/mol. The Bertz CT molecular complexity index is 448. The fourth-order valence-corrected chi connectivity index (χ4v) is 3.79. The fraction of sp³-hybridized carbons (Fsp3) is 0.571. The molecule has 0 aliphatic carbocycles. The number of thiophene rings is 1. The first kappa shape index (κ1) is 15.4. The number of hydrogen-bond donors (Lipinski definition) is 1. The molecule has 1 aromatic heterocycles. The van der Waals surface area contributed by atoms with Gasteiger partial charge in [0.05, 0.1) is 5.92 Å². The number of carbonyl (C=O) groups is 2. The largest absolute Gasteiger partial charge is 0.355 e. The molecule has 2 heterocycles. The lowest BCUT2D eigenvalue weighted by Gasteiger charge is -2.13. The zero-order chi connectivity index (χ0) is 14.4. The number of rotatable bonds is 7. The molecule has 1 fully saturated rings. The van der Waals surface area contributed by atoms with Crippen molar-refractivity contribution in [3.05, 3.63) is 22.4 Å². The van der Waals surface area contributed by atoms with Gasteiger partial charge in [-0.05, 0) is 29.3 Å². The highest BCUT2D eigenvalue weighted by atomic mass is 32.2. The summed E-state index contributed by atoms with van der Waals surface area (Å²) in [6, 6.07) is 2.12. The number of likely N-dealkylation sites (tertiary alicyclic amines) is 1. The third-order valence-electron chi connectivity index (χ3n) is 3.36. The van der Waals surface area contributed by atoms with Gasteiger partial charge in [0.15, 0.2) is 0 Å². The molecule has 0 saturated carbocycles. The van der Waals surface area contributed by atoms with E-state index in [9.17, 15) is 9.59 Å². The maximum absolute atomic E-state index is 11.9. The summed E-state index contributed by atoms with van der Waals surface area (Å²) < 4.78 is 0. The van der Waals surface area contributed by atoms with Crippen molar-refractivity contribution in [1.29, 1.82) is 0 Å². The molecule has 1 N–H and O–H groups in total. The third-order valence-corrected chi connectivity index (χ3v) is 5.12. The van der Waals surface area contributed by atoms with Gasteiger partial charge in [-0.1, -0.05) is 0 Å². The van der Waals surface area contributed by atoms with Crippen molar-refractivity contribution >= 4 is 34.9 Å². The summed E-state index contributed by atoms with van der Waals surface area (Å²) in [4.78, 5) is 25.3. The zero-order valence-corrected chi connectivity index (χ0v) is 13.3. The van der Waals surface area contributed by atoms with Crippen molar-refractivity contribution in [3.8, 4) is 0 Å². The normalized spacial score (nSPS) is 18.6. The van der Waals surface area contributed by atoms with Crippen molar-refractivity contribution in [2.45, 2.75) is 19.1 Å². The highest BCUT2D eigenvalue weighted by Crippen LogP contribution is 2.17. The Morgan fingerprint density at radius 1 is 1.60 bits per heavy atom. The van der Waals surface area contributed by atoms with Crippen LogP contribution in [-0.4, -0.2) is 42.1 Å². The van der Waals surface area contributed by atoms with Crippen LogP contribution in [0.3, 0.4) is 0 Å². The number of thioether (sulfide) groups is 1. The molecule has 1 atom stereocenters. The Labute approximate surface area is 127 Å². The van der Waals surface area contributed by atoms with Crippen molar-refractivity contribution in [2.24, 2.45) is 5.92 Å². The minimum absolute atomic E-state index is 0.0189. The first-order valence-electron chi connectivity index (χ1n) is 6.85. The van der Waals surface area contributed by atoms with Crippen LogP contribution in [0.5, 0.6) is 0 Å². The van der Waals surface area contributed by atoms with Crippen LogP contribution in [-0.2, 0) is 15.3 Å². The highest BCUT2D eigenvalue weighted by molar-refractivity contribution is 7.98. The smallest absolute Gasteiger partial charge is 0.225 e. The third kappa shape index (κ3) is 4.24. The van der Waals surface area contributed by atoms with Crippen LogP contribution >= 0.6 is 23.1 Å². The van der Waals surface area contributed by atoms with Crippen LogP contribution in [0.25, 0.3) is 0 Å². The predicted molar refractivity (Wildman–Crippen MR) is 83.9 cm³/mol. The monoisotopic (exact) mass is 312 g/mol.